The third-order valence-electron chi connectivity index (χ3n) is 4.64. The summed E-state index contributed by atoms with van der Waals surface area (Å²) in [4.78, 5) is 19.0. The van der Waals surface area contributed by atoms with E-state index in [1.807, 2.05) is 55.1 Å². The van der Waals surface area contributed by atoms with E-state index in [0.717, 1.165) is 16.4 Å². The highest BCUT2D eigenvalue weighted by molar-refractivity contribution is 8.00. The van der Waals surface area contributed by atoms with Crippen LogP contribution in [-0.4, -0.2) is 32.7 Å². The molecule has 0 fully saturated rings. The van der Waals surface area contributed by atoms with E-state index in [-0.39, 0.29) is 11.2 Å². The van der Waals surface area contributed by atoms with Gasteiger partial charge < -0.3 is 4.90 Å². The van der Waals surface area contributed by atoms with E-state index >= 15 is 0 Å². The molecule has 3 rings (SSSR count). The van der Waals surface area contributed by atoms with Crippen molar-refractivity contribution in [2.45, 2.75) is 37.7 Å². The number of aryl methyl sites for hydroxylation is 2. The minimum Gasteiger partial charge on any atom is -0.340 e. The molecule has 4 nitrogen and oxygen atoms in total. The van der Waals surface area contributed by atoms with E-state index < -0.39 is 0 Å². The van der Waals surface area contributed by atoms with Gasteiger partial charge in [-0.1, -0.05) is 48.2 Å². The maximum atomic E-state index is 12.8. The summed E-state index contributed by atoms with van der Waals surface area (Å²) in [5, 5.41) is 0.610. The first kappa shape index (κ1) is 19.2. The second kappa shape index (κ2) is 8.44. The van der Waals surface area contributed by atoms with Gasteiger partial charge in [0, 0.05) is 31.7 Å². The quantitative estimate of drug-likeness (QED) is 0.586. The Kier molecular flexibility index (Phi) is 6.01. The molecule has 0 radical (unpaired) electrons. The van der Waals surface area contributed by atoms with Gasteiger partial charge in [0.25, 0.3) is 0 Å². The number of amides is 1. The average Bonchev–Trinajstić information content (AvgIpc) is 3.12. The predicted octanol–water partition coefficient (Wildman–Crippen LogP) is 4.63. The first-order valence-corrected chi connectivity index (χ1v) is 9.90. The molecule has 1 aromatic heterocycles. The van der Waals surface area contributed by atoms with Crippen LogP contribution in [0.4, 0.5) is 0 Å². The van der Waals surface area contributed by atoms with Crippen LogP contribution in [0.2, 0.25) is 0 Å². The Morgan fingerprint density at radius 2 is 1.89 bits per heavy atom. The molecule has 0 N–H and O–H groups in total. The smallest absolute Gasteiger partial charge is 0.235 e. The van der Waals surface area contributed by atoms with Gasteiger partial charge in [-0.3, -0.25) is 9.36 Å². The van der Waals surface area contributed by atoms with Crippen molar-refractivity contribution in [3.8, 4) is 5.69 Å². The van der Waals surface area contributed by atoms with Crippen LogP contribution in [0.15, 0.2) is 66.1 Å². The summed E-state index contributed by atoms with van der Waals surface area (Å²) in [6.07, 6.45) is 3.72. The fraction of sp³-hybridized carbons (Fsp3) is 0.273. The Balaban J connectivity index is 1.71. The molecule has 0 saturated heterocycles. The number of carbonyl (C=O) groups excluding carboxylic acids is 1. The molecule has 5 heteroatoms. The summed E-state index contributed by atoms with van der Waals surface area (Å²) >= 11 is 1.49. The van der Waals surface area contributed by atoms with Gasteiger partial charge in [0.2, 0.25) is 5.91 Å². The molecule has 1 atom stereocenters. The predicted molar refractivity (Wildman–Crippen MR) is 111 cm³/mol. The number of hydrogen-bond donors (Lipinski definition) is 0. The van der Waals surface area contributed by atoms with Gasteiger partial charge in [0.15, 0.2) is 5.16 Å². The Hall–Kier alpha value is -2.53. The minimum atomic E-state index is -0.216. The second-order valence-electron chi connectivity index (χ2n) is 6.79. The summed E-state index contributed by atoms with van der Waals surface area (Å²) in [6, 6.07) is 16.4. The zero-order valence-electron chi connectivity index (χ0n) is 16.2. The highest BCUT2D eigenvalue weighted by Gasteiger charge is 2.21. The molecule has 0 saturated carbocycles. The lowest BCUT2D eigenvalue weighted by molar-refractivity contribution is -0.129. The SMILES string of the molecule is Cc1ccc(-n2ccnc2SC(C)C(=O)N(C)Cc2ccccc2)cc1C. The number of hydrogen-bond acceptors (Lipinski definition) is 3. The standard InChI is InChI=1S/C22H25N3OS/c1-16-10-11-20(14-17(16)2)25-13-12-23-22(25)27-18(3)21(26)24(4)15-19-8-6-5-7-9-19/h5-14,18H,15H2,1-4H3. The molecule has 0 aliphatic carbocycles. The van der Waals surface area contributed by atoms with Crippen LogP contribution in [0.25, 0.3) is 5.69 Å². The zero-order chi connectivity index (χ0) is 19.4. The molecule has 0 aliphatic rings. The molecule has 2 aromatic carbocycles. The van der Waals surface area contributed by atoms with Crippen molar-refractivity contribution < 1.29 is 4.79 Å². The van der Waals surface area contributed by atoms with E-state index in [4.69, 9.17) is 0 Å². The van der Waals surface area contributed by atoms with Crippen molar-refractivity contribution in [3.63, 3.8) is 0 Å². The van der Waals surface area contributed by atoms with Crippen molar-refractivity contribution in [2.75, 3.05) is 7.05 Å². The first-order chi connectivity index (χ1) is 13.0. The molecule has 1 amide bonds. The average molecular weight is 380 g/mol. The molecule has 0 aliphatic heterocycles. The summed E-state index contributed by atoms with van der Waals surface area (Å²) in [5.74, 6) is 0.0958. The van der Waals surface area contributed by atoms with E-state index in [2.05, 4.69) is 37.0 Å². The van der Waals surface area contributed by atoms with Crippen molar-refractivity contribution in [1.29, 1.82) is 0 Å². The van der Waals surface area contributed by atoms with Gasteiger partial charge in [-0.2, -0.15) is 0 Å². The van der Waals surface area contributed by atoms with E-state index in [9.17, 15) is 4.79 Å². The van der Waals surface area contributed by atoms with E-state index in [1.54, 1.807) is 11.1 Å². The molecule has 0 bridgehead atoms. The van der Waals surface area contributed by atoms with Crippen molar-refractivity contribution >= 4 is 17.7 Å². The molecule has 0 spiro atoms. The number of rotatable bonds is 6. The first-order valence-electron chi connectivity index (χ1n) is 9.02. The largest absolute Gasteiger partial charge is 0.340 e. The minimum absolute atomic E-state index is 0.0958. The molecule has 3 aromatic rings. The molecular formula is C22H25N3OS. The molecular weight excluding hydrogens is 354 g/mol. The van der Waals surface area contributed by atoms with Gasteiger partial charge in [-0.15, -0.1) is 0 Å². The summed E-state index contributed by atoms with van der Waals surface area (Å²) in [6.45, 7) is 6.75. The van der Waals surface area contributed by atoms with E-state index in [1.165, 1.54) is 22.9 Å². The van der Waals surface area contributed by atoms with Crippen LogP contribution in [0.1, 0.15) is 23.6 Å². The molecule has 1 unspecified atom stereocenters. The van der Waals surface area contributed by atoms with Crippen LogP contribution in [0.5, 0.6) is 0 Å². The normalized spacial score (nSPS) is 12.0. The van der Waals surface area contributed by atoms with Crippen LogP contribution >= 0.6 is 11.8 Å². The number of aromatic nitrogens is 2. The van der Waals surface area contributed by atoms with Gasteiger partial charge in [-0.05, 0) is 49.6 Å². The zero-order valence-corrected chi connectivity index (χ0v) is 17.0. The molecule has 27 heavy (non-hydrogen) atoms. The Bertz CT molecular complexity index is 920. The number of benzene rings is 2. The monoisotopic (exact) mass is 379 g/mol. The van der Waals surface area contributed by atoms with Gasteiger partial charge in [0.1, 0.15) is 0 Å². The highest BCUT2D eigenvalue weighted by Crippen LogP contribution is 2.26. The van der Waals surface area contributed by atoms with Crippen LogP contribution < -0.4 is 0 Å². The number of nitrogens with zero attached hydrogens (tertiary/aromatic N) is 3. The van der Waals surface area contributed by atoms with Crippen molar-refractivity contribution in [3.05, 3.63) is 77.6 Å². The summed E-state index contributed by atoms with van der Waals surface area (Å²) in [5.41, 5.74) is 4.69. The maximum absolute atomic E-state index is 12.8. The maximum Gasteiger partial charge on any atom is 0.235 e. The van der Waals surface area contributed by atoms with Gasteiger partial charge in [-0.25, -0.2) is 4.98 Å². The Morgan fingerprint density at radius 3 is 2.59 bits per heavy atom. The number of imidazole rings is 1. The van der Waals surface area contributed by atoms with Gasteiger partial charge >= 0.3 is 0 Å². The molecule has 1 heterocycles. The van der Waals surface area contributed by atoms with Crippen LogP contribution in [0.3, 0.4) is 0 Å². The summed E-state index contributed by atoms with van der Waals surface area (Å²) in [7, 11) is 1.85. The lowest BCUT2D eigenvalue weighted by Crippen LogP contribution is -2.32. The topological polar surface area (TPSA) is 38.1 Å². The second-order valence-corrected chi connectivity index (χ2v) is 8.10. The third-order valence-corrected chi connectivity index (χ3v) is 5.71. The summed E-state index contributed by atoms with van der Waals surface area (Å²) < 4.78 is 2.04. The number of carbonyl (C=O) groups is 1. The van der Waals surface area contributed by atoms with Gasteiger partial charge in [0.05, 0.1) is 5.25 Å². The Labute approximate surface area is 165 Å². The number of thioether (sulfide) groups is 1. The highest BCUT2D eigenvalue weighted by atomic mass is 32.2. The molecule has 140 valence electrons. The Morgan fingerprint density at radius 1 is 1.15 bits per heavy atom. The van der Waals surface area contributed by atoms with Crippen LogP contribution in [-0.2, 0) is 11.3 Å². The van der Waals surface area contributed by atoms with Crippen LogP contribution in [0, 0.1) is 13.8 Å². The lowest BCUT2D eigenvalue weighted by atomic mass is 10.1. The van der Waals surface area contributed by atoms with Crippen molar-refractivity contribution in [1.82, 2.24) is 14.5 Å². The fourth-order valence-corrected chi connectivity index (χ4v) is 3.90. The van der Waals surface area contributed by atoms with E-state index in [0.29, 0.717) is 6.54 Å². The fourth-order valence-electron chi connectivity index (χ4n) is 2.90. The van der Waals surface area contributed by atoms with Crippen molar-refractivity contribution in [2.24, 2.45) is 0 Å². The third kappa shape index (κ3) is 4.61. The lowest BCUT2D eigenvalue weighted by Gasteiger charge is -2.21.